The van der Waals surface area contributed by atoms with Gasteiger partial charge in [0.05, 0.1) is 6.20 Å². The SMILES string of the molecule is CCCc1cc(N2CC[C@@H](CN)C2)n2nccc2n1. The van der Waals surface area contributed by atoms with Crippen LogP contribution in [0.4, 0.5) is 5.82 Å². The fraction of sp³-hybridized carbons (Fsp3) is 0.571. The number of hydrogen-bond acceptors (Lipinski definition) is 4. The molecule has 1 saturated heterocycles. The molecule has 102 valence electrons. The molecule has 3 rings (SSSR count). The van der Waals surface area contributed by atoms with Gasteiger partial charge >= 0.3 is 0 Å². The van der Waals surface area contributed by atoms with Crippen molar-refractivity contribution in [1.82, 2.24) is 14.6 Å². The Kier molecular flexibility index (Phi) is 3.38. The Bertz CT molecular complexity index is 562. The zero-order valence-electron chi connectivity index (χ0n) is 11.4. The van der Waals surface area contributed by atoms with E-state index in [4.69, 9.17) is 5.73 Å². The van der Waals surface area contributed by atoms with E-state index in [9.17, 15) is 0 Å². The molecule has 1 atom stereocenters. The minimum absolute atomic E-state index is 0.605. The number of rotatable bonds is 4. The van der Waals surface area contributed by atoms with Crippen LogP contribution in [-0.4, -0.2) is 34.2 Å². The van der Waals surface area contributed by atoms with Crippen molar-refractivity contribution >= 4 is 11.5 Å². The molecule has 19 heavy (non-hydrogen) atoms. The zero-order chi connectivity index (χ0) is 13.2. The summed E-state index contributed by atoms with van der Waals surface area (Å²) in [5, 5.41) is 4.40. The Hall–Kier alpha value is -1.62. The molecular formula is C14H21N5. The third-order valence-corrected chi connectivity index (χ3v) is 3.84. The van der Waals surface area contributed by atoms with Crippen LogP contribution in [0, 0.1) is 5.92 Å². The second-order valence-corrected chi connectivity index (χ2v) is 5.29. The number of fused-ring (bicyclic) bond motifs is 1. The molecule has 2 aromatic rings. The van der Waals surface area contributed by atoms with Gasteiger partial charge in [-0.2, -0.15) is 9.61 Å². The van der Waals surface area contributed by atoms with Crippen molar-refractivity contribution in [2.75, 3.05) is 24.5 Å². The summed E-state index contributed by atoms with van der Waals surface area (Å²) in [6, 6.07) is 4.15. The van der Waals surface area contributed by atoms with Crippen molar-refractivity contribution < 1.29 is 0 Å². The number of aryl methyl sites for hydroxylation is 1. The maximum absolute atomic E-state index is 5.78. The van der Waals surface area contributed by atoms with Crippen molar-refractivity contribution in [1.29, 1.82) is 0 Å². The summed E-state index contributed by atoms with van der Waals surface area (Å²) in [6.45, 7) is 5.04. The fourth-order valence-electron chi connectivity index (χ4n) is 2.79. The van der Waals surface area contributed by atoms with Gasteiger partial charge in [0.15, 0.2) is 5.65 Å². The highest BCUT2D eigenvalue weighted by Crippen LogP contribution is 2.24. The van der Waals surface area contributed by atoms with E-state index in [-0.39, 0.29) is 0 Å². The summed E-state index contributed by atoms with van der Waals surface area (Å²) in [5.41, 5.74) is 7.88. The predicted molar refractivity (Wildman–Crippen MR) is 76.4 cm³/mol. The van der Waals surface area contributed by atoms with Gasteiger partial charge in [0.1, 0.15) is 5.82 Å². The number of aromatic nitrogens is 3. The minimum Gasteiger partial charge on any atom is -0.356 e. The van der Waals surface area contributed by atoms with Crippen LogP contribution < -0.4 is 10.6 Å². The van der Waals surface area contributed by atoms with Crippen LogP contribution >= 0.6 is 0 Å². The Morgan fingerprint density at radius 1 is 1.47 bits per heavy atom. The molecular weight excluding hydrogens is 238 g/mol. The first-order chi connectivity index (χ1) is 9.31. The topological polar surface area (TPSA) is 59.5 Å². The molecule has 3 heterocycles. The number of nitrogens with zero attached hydrogens (tertiary/aromatic N) is 4. The second kappa shape index (κ2) is 5.17. The molecule has 1 fully saturated rings. The molecule has 2 N–H and O–H groups in total. The van der Waals surface area contributed by atoms with Crippen LogP contribution in [0.5, 0.6) is 0 Å². The average molecular weight is 259 g/mol. The molecule has 0 radical (unpaired) electrons. The van der Waals surface area contributed by atoms with Gasteiger partial charge < -0.3 is 10.6 Å². The van der Waals surface area contributed by atoms with Crippen LogP contribution in [0.15, 0.2) is 18.3 Å². The monoisotopic (exact) mass is 259 g/mol. The van der Waals surface area contributed by atoms with E-state index in [1.54, 1.807) is 0 Å². The molecule has 0 amide bonds. The Morgan fingerprint density at radius 2 is 2.37 bits per heavy atom. The number of nitrogens with two attached hydrogens (primary N) is 1. The van der Waals surface area contributed by atoms with E-state index in [0.717, 1.165) is 49.6 Å². The average Bonchev–Trinajstić information content (AvgIpc) is 3.06. The van der Waals surface area contributed by atoms with Gasteiger partial charge in [-0.15, -0.1) is 0 Å². The van der Waals surface area contributed by atoms with Gasteiger partial charge in [0, 0.05) is 30.9 Å². The van der Waals surface area contributed by atoms with Gasteiger partial charge in [0.2, 0.25) is 0 Å². The minimum atomic E-state index is 0.605. The molecule has 1 aliphatic heterocycles. The maximum atomic E-state index is 5.78. The first-order valence-electron chi connectivity index (χ1n) is 7.10. The highest BCUT2D eigenvalue weighted by Gasteiger charge is 2.23. The van der Waals surface area contributed by atoms with E-state index in [1.165, 1.54) is 6.42 Å². The van der Waals surface area contributed by atoms with Crippen LogP contribution in [0.1, 0.15) is 25.5 Å². The molecule has 0 spiro atoms. The lowest BCUT2D eigenvalue weighted by atomic mass is 10.1. The number of hydrogen-bond donors (Lipinski definition) is 1. The largest absolute Gasteiger partial charge is 0.356 e. The smallest absolute Gasteiger partial charge is 0.157 e. The van der Waals surface area contributed by atoms with Crippen LogP contribution in [0.25, 0.3) is 5.65 Å². The van der Waals surface area contributed by atoms with Gasteiger partial charge in [0.25, 0.3) is 0 Å². The molecule has 5 heteroatoms. The van der Waals surface area contributed by atoms with Gasteiger partial charge in [-0.3, -0.25) is 0 Å². The van der Waals surface area contributed by atoms with E-state index in [0.29, 0.717) is 5.92 Å². The van der Waals surface area contributed by atoms with E-state index in [1.807, 2.05) is 16.8 Å². The Morgan fingerprint density at radius 3 is 3.11 bits per heavy atom. The lowest BCUT2D eigenvalue weighted by Gasteiger charge is -2.20. The van der Waals surface area contributed by atoms with Gasteiger partial charge in [-0.05, 0) is 25.3 Å². The van der Waals surface area contributed by atoms with Gasteiger partial charge in [-0.1, -0.05) is 13.3 Å². The summed E-state index contributed by atoms with van der Waals surface area (Å²) in [5.74, 6) is 1.77. The molecule has 0 unspecified atom stereocenters. The normalized spacial score (nSPS) is 19.5. The van der Waals surface area contributed by atoms with Crippen molar-refractivity contribution in [3.05, 3.63) is 24.0 Å². The molecule has 0 aromatic carbocycles. The third-order valence-electron chi connectivity index (χ3n) is 3.84. The Labute approximate surface area is 113 Å². The molecule has 1 aliphatic rings. The van der Waals surface area contributed by atoms with Crippen LogP contribution in [-0.2, 0) is 6.42 Å². The first kappa shape index (κ1) is 12.4. The Balaban J connectivity index is 1.98. The number of anilines is 1. The molecule has 0 aliphatic carbocycles. The summed E-state index contributed by atoms with van der Waals surface area (Å²) in [4.78, 5) is 7.03. The lowest BCUT2D eigenvalue weighted by Crippen LogP contribution is -2.25. The summed E-state index contributed by atoms with van der Waals surface area (Å²) in [7, 11) is 0. The third kappa shape index (κ3) is 2.30. The standard InChI is InChI=1S/C14H21N5/c1-2-3-12-8-14(18-7-5-11(9-15)10-18)19-13(17-12)4-6-16-19/h4,6,8,11H,2-3,5,7,9-10,15H2,1H3/t11-/m0/s1. The molecule has 0 bridgehead atoms. The quantitative estimate of drug-likeness (QED) is 0.903. The molecule has 5 nitrogen and oxygen atoms in total. The molecule has 0 saturated carbocycles. The van der Waals surface area contributed by atoms with Crippen molar-refractivity contribution in [3.63, 3.8) is 0 Å². The van der Waals surface area contributed by atoms with Crippen molar-refractivity contribution in [2.45, 2.75) is 26.2 Å². The van der Waals surface area contributed by atoms with Gasteiger partial charge in [-0.25, -0.2) is 4.98 Å². The maximum Gasteiger partial charge on any atom is 0.157 e. The van der Waals surface area contributed by atoms with Crippen LogP contribution in [0.3, 0.4) is 0 Å². The molecule has 2 aromatic heterocycles. The summed E-state index contributed by atoms with van der Waals surface area (Å²) in [6.07, 6.45) is 5.12. The fourth-order valence-corrected chi connectivity index (χ4v) is 2.79. The second-order valence-electron chi connectivity index (χ2n) is 5.29. The van der Waals surface area contributed by atoms with Crippen molar-refractivity contribution in [3.8, 4) is 0 Å². The van der Waals surface area contributed by atoms with Crippen LogP contribution in [0.2, 0.25) is 0 Å². The lowest BCUT2D eigenvalue weighted by molar-refractivity contribution is 0.601. The highest BCUT2D eigenvalue weighted by atomic mass is 15.3. The zero-order valence-corrected chi connectivity index (χ0v) is 11.4. The van der Waals surface area contributed by atoms with E-state index in [2.05, 4.69) is 28.0 Å². The summed E-state index contributed by atoms with van der Waals surface area (Å²) >= 11 is 0. The van der Waals surface area contributed by atoms with E-state index < -0.39 is 0 Å². The predicted octanol–water partition coefficient (Wildman–Crippen LogP) is 1.47. The highest BCUT2D eigenvalue weighted by molar-refractivity contribution is 5.51. The first-order valence-corrected chi connectivity index (χ1v) is 7.10. The van der Waals surface area contributed by atoms with Crippen molar-refractivity contribution in [2.24, 2.45) is 11.7 Å². The van der Waals surface area contributed by atoms with E-state index >= 15 is 0 Å². The summed E-state index contributed by atoms with van der Waals surface area (Å²) < 4.78 is 1.94.